The van der Waals surface area contributed by atoms with Crippen LogP contribution in [0.3, 0.4) is 0 Å². The summed E-state index contributed by atoms with van der Waals surface area (Å²) in [5.74, 6) is 0.969. The SMILES string of the molecule is Cc1nn(-c2ccccc2)c(-n2cncn2)c1-c1cc(-c2ccc(F)cc2)nc2nc3ccccc3n12. The van der Waals surface area contributed by atoms with Crippen molar-refractivity contribution < 1.29 is 4.39 Å². The average molecular weight is 487 g/mol. The topological polar surface area (TPSA) is 78.7 Å². The van der Waals surface area contributed by atoms with Crippen molar-refractivity contribution in [2.75, 3.05) is 0 Å². The van der Waals surface area contributed by atoms with Crippen LogP contribution in [-0.4, -0.2) is 38.9 Å². The van der Waals surface area contributed by atoms with Crippen LogP contribution < -0.4 is 0 Å². The molecular weight excluding hydrogens is 467 g/mol. The minimum absolute atomic E-state index is 0.301. The summed E-state index contributed by atoms with van der Waals surface area (Å²) in [5.41, 5.74) is 6.58. The molecule has 0 N–H and O–H groups in total. The van der Waals surface area contributed by atoms with Gasteiger partial charge in [0, 0.05) is 5.56 Å². The Morgan fingerprint density at radius 2 is 1.62 bits per heavy atom. The highest BCUT2D eigenvalue weighted by molar-refractivity contribution is 5.86. The molecule has 0 aliphatic heterocycles. The molecule has 0 aliphatic carbocycles. The van der Waals surface area contributed by atoms with Gasteiger partial charge >= 0.3 is 0 Å². The van der Waals surface area contributed by atoms with Crippen LogP contribution in [-0.2, 0) is 0 Å². The van der Waals surface area contributed by atoms with Crippen molar-refractivity contribution in [3.63, 3.8) is 0 Å². The van der Waals surface area contributed by atoms with E-state index in [-0.39, 0.29) is 5.82 Å². The summed E-state index contributed by atoms with van der Waals surface area (Å²) in [5, 5.41) is 9.38. The molecule has 0 spiro atoms. The van der Waals surface area contributed by atoms with Crippen molar-refractivity contribution in [3.05, 3.63) is 109 Å². The molecule has 4 aromatic heterocycles. The van der Waals surface area contributed by atoms with Crippen LogP contribution in [0.4, 0.5) is 4.39 Å². The number of para-hydroxylation sites is 3. The molecule has 0 saturated heterocycles. The van der Waals surface area contributed by atoms with Crippen molar-refractivity contribution in [2.45, 2.75) is 6.92 Å². The number of aromatic nitrogens is 8. The van der Waals surface area contributed by atoms with Gasteiger partial charge in [-0.05, 0) is 61.5 Å². The third kappa shape index (κ3) is 3.40. The van der Waals surface area contributed by atoms with E-state index < -0.39 is 0 Å². The van der Waals surface area contributed by atoms with Crippen molar-refractivity contribution in [1.29, 1.82) is 0 Å². The quantitative estimate of drug-likeness (QED) is 0.332. The van der Waals surface area contributed by atoms with E-state index in [9.17, 15) is 4.39 Å². The van der Waals surface area contributed by atoms with E-state index in [1.807, 2.05) is 76.7 Å². The van der Waals surface area contributed by atoms with Gasteiger partial charge in [-0.1, -0.05) is 30.3 Å². The van der Waals surface area contributed by atoms with E-state index in [1.54, 1.807) is 23.1 Å². The molecule has 0 bridgehead atoms. The lowest BCUT2D eigenvalue weighted by atomic mass is 10.1. The fourth-order valence-corrected chi connectivity index (χ4v) is 4.71. The molecule has 0 atom stereocenters. The lowest BCUT2D eigenvalue weighted by Crippen LogP contribution is -2.08. The second kappa shape index (κ2) is 8.20. The Morgan fingerprint density at radius 3 is 2.41 bits per heavy atom. The van der Waals surface area contributed by atoms with Crippen LogP contribution in [0.15, 0.2) is 97.6 Å². The molecule has 0 aliphatic rings. The Kier molecular flexibility index (Phi) is 4.68. The summed E-state index contributed by atoms with van der Waals surface area (Å²) < 4.78 is 19.3. The minimum atomic E-state index is -0.301. The first-order valence-electron chi connectivity index (χ1n) is 11.7. The Balaban J connectivity index is 1.61. The van der Waals surface area contributed by atoms with Crippen LogP contribution in [0.1, 0.15) is 5.69 Å². The van der Waals surface area contributed by atoms with E-state index in [1.165, 1.54) is 18.5 Å². The van der Waals surface area contributed by atoms with Crippen molar-refractivity contribution in [2.24, 2.45) is 0 Å². The molecule has 7 aromatic rings. The molecule has 0 fully saturated rings. The maximum Gasteiger partial charge on any atom is 0.235 e. The van der Waals surface area contributed by atoms with Gasteiger partial charge in [0.25, 0.3) is 0 Å². The lowest BCUT2D eigenvalue weighted by Gasteiger charge is -2.13. The van der Waals surface area contributed by atoms with Gasteiger partial charge in [0.15, 0.2) is 5.82 Å². The van der Waals surface area contributed by atoms with Crippen molar-refractivity contribution in [1.82, 2.24) is 38.9 Å². The van der Waals surface area contributed by atoms with Gasteiger partial charge < -0.3 is 0 Å². The molecule has 8 nitrogen and oxygen atoms in total. The number of halogens is 1. The predicted octanol–water partition coefficient (Wildman–Crippen LogP) is 5.43. The molecule has 4 heterocycles. The van der Waals surface area contributed by atoms with Gasteiger partial charge in [0.05, 0.1) is 39.4 Å². The lowest BCUT2D eigenvalue weighted by molar-refractivity contribution is 0.628. The molecule has 37 heavy (non-hydrogen) atoms. The zero-order valence-corrected chi connectivity index (χ0v) is 19.7. The maximum atomic E-state index is 13.7. The zero-order valence-electron chi connectivity index (χ0n) is 19.7. The number of fused-ring (bicyclic) bond motifs is 3. The van der Waals surface area contributed by atoms with E-state index >= 15 is 0 Å². The van der Waals surface area contributed by atoms with E-state index in [2.05, 4.69) is 10.1 Å². The van der Waals surface area contributed by atoms with Crippen molar-refractivity contribution >= 4 is 16.8 Å². The molecule has 9 heteroatoms. The number of aryl methyl sites for hydroxylation is 1. The summed E-state index contributed by atoms with van der Waals surface area (Å²) in [6.45, 7) is 1.97. The molecule has 0 amide bonds. The highest BCUT2D eigenvalue weighted by atomic mass is 19.1. The second-order valence-electron chi connectivity index (χ2n) is 8.64. The number of hydrogen-bond donors (Lipinski definition) is 0. The van der Waals surface area contributed by atoms with Crippen molar-refractivity contribution in [3.8, 4) is 34.0 Å². The Labute approximate surface area is 210 Å². The summed E-state index contributed by atoms with van der Waals surface area (Å²) in [7, 11) is 0. The highest BCUT2D eigenvalue weighted by Crippen LogP contribution is 2.35. The molecule has 0 radical (unpaired) electrons. The Bertz CT molecular complexity index is 1880. The van der Waals surface area contributed by atoms with Crippen LogP contribution in [0.2, 0.25) is 0 Å². The summed E-state index contributed by atoms with van der Waals surface area (Å²) in [4.78, 5) is 13.9. The zero-order chi connectivity index (χ0) is 24.9. The first kappa shape index (κ1) is 21.1. The highest BCUT2D eigenvalue weighted by Gasteiger charge is 2.24. The largest absolute Gasteiger partial charge is 0.276 e. The standard InChI is InChI=1S/C28H19FN8/c1-18-26(27(35-17-30-16-31-35)37(34-18)21-7-3-2-4-8-21)25-15-23(19-11-13-20(29)14-12-19)33-28-32-22-9-5-6-10-24(22)36(25)28/h2-17H,1H3. The first-order chi connectivity index (χ1) is 18.2. The van der Waals surface area contributed by atoms with Gasteiger partial charge in [-0.25, -0.2) is 28.7 Å². The van der Waals surface area contributed by atoms with Crippen LogP contribution in [0.25, 0.3) is 50.8 Å². The monoisotopic (exact) mass is 486 g/mol. The number of benzene rings is 3. The predicted molar refractivity (Wildman–Crippen MR) is 138 cm³/mol. The Hall–Kier alpha value is -5.18. The number of nitrogens with zero attached hydrogens (tertiary/aromatic N) is 8. The molecule has 178 valence electrons. The third-order valence-electron chi connectivity index (χ3n) is 6.35. The van der Waals surface area contributed by atoms with Crippen LogP contribution >= 0.6 is 0 Å². The van der Waals surface area contributed by atoms with E-state index in [0.717, 1.165) is 45.1 Å². The van der Waals surface area contributed by atoms with Gasteiger partial charge in [-0.15, -0.1) is 0 Å². The van der Waals surface area contributed by atoms with Gasteiger partial charge in [0.1, 0.15) is 18.5 Å². The summed E-state index contributed by atoms with van der Waals surface area (Å²) in [6, 6.07) is 26.1. The number of rotatable bonds is 4. The molecule has 0 unspecified atom stereocenters. The fourth-order valence-electron chi connectivity index (χ4n) is 4.71. The fraction of sp³-hybridized carbons (Fsp3) is 0.0357. The van der Waals surface area contributed by atoms with Gasteiger partial charge in [0.2, 0.25) is 5.78 Å². The first-order valence-corrected chi connectivity index (χ1v) is 11.7. The van der Waals surface area contributed by atoms with Gasteiger partial charge in [-0.2, -0.15) is 10.2 Å². The Morgan fingerprint density at radius 1 is 0.838 bits per heavy atom. The van der Waals surface area contributed by atoms with E-state index in [0.29, 0.717) is 11.5 Å². The maximum absolute atomic E-state index is 13.7. The average Bonchev–Trinajstić information content (AvgIpc) is 3.66. The number of hydrogen-bond acceptors (Lipinski definition) is 5. The minimum Gasteiger partial charge on any atom is -0.276 e. The van der Waals surface area contributed by atoms with Crippen LogP contribution in [0.5, 0.6) is 0 Å². The number of imidazole rings is 1. The van der Waals surface area contributed by atoms with Gasteiger partial charge in [-0.3, -0.25) is 4.40 Å². The second-order valence-corrected chi connectivity index (χ2v) is 8.64. The molecule has 0 saturated carbocycles. The summed E-state index contributed by atoms with van der Waals surface area (Å²) in [6.07, 6.45) is 3.16. The molecular formula is C28H19FN8. The molecule has 7 rings (SSSR count). The third-order valence-corrected chi connectivity index (χ3v) is 6.35. The molecule has 3 aromatic carbocycles. The van der Waals surface area contributed by atoms with Crippen LogP contribution in [0, 0.1) is 12.7 Å². The van der Waals surface area contributed by atoms with E-state index in [4.69, 9.17) is 15.1 Å². The normalized spacial score (nSPS) is 11.5. The smallest absolute Gasteiger partial charge is 0.235 e. The summed E-state index contributed by atoms with van der Waals surface area (Å²) >= 11 is 0.